The molecule has 2 aromatic rings. The topological polar surface area (TPSA) is 19.4 Å². The quantitative estimate of drug-likeness (QED) is 0.860. The van der Waals surface area contributed by atoms with Crippen LogP contribution in [0.25, 0.3) is 11.3 Å². The number of thiazole rings is 1. The van der Waals surface area contributed by atoms with E-state index < -0.39 is 0 Å². The maximum atomic E-state index is 4.80. The van der Waals surface area contributed by atoms with Crippen LogP contribution in [0.5, 0.6) is 0 Å². The number of nitrogens with zero attached hydrogens (tertiary/aromatic N) is 3. The number of anilines is 1. The van der Waals surface area contributed by atoms with Crippen LogP contribution in [0.2, 0.25) is 0 Å². The Morgan fingerprint density at radius 3 is 2.55 bits per heavy atom. The number of benzene rings is 1. The van der Waals surface area contributed by atoms with E-state index in [0.717, 1.165) is 31.9 Å². The number of hydrogen-bond acceptors (Lipinski definition) is 4. The molecule has 0 saturated carbocycles. The number of rotatable bonds is 4. The van der Waals surface area contributed by atoms with Crippen molar-refractivity contribution in [2.75, 3.05) is 37.6 Å². The van der Waals surface area contributed by atoms with Gasteiger partial charge in [0, 0.05) is 37.1 Å². The smallest absolute Gasteiger partial charge is 0.185 e. The van der Waals surface area contributed by atoms with Gasteiger partial charge in [0.05, 0.1) is 5.69 Å². The first-order valence-corrected chi connectivity index (χ1v) is 8.23. The Balaban J connectivity index is 1.66. The minimum Gasteiger partial charge on any atom is -0.346 e. The van der Waals surface area contributed by atoms with Crippen molar-refractivity contribution in [3.05, 3.63) is 35.7 Å². The third kappa shape index (κ3) is 3.02. The highest BCUT2D eigenvalue weighted by Gasteiger charge is 2.18. The molecule has 0 unspecified atom stereocenters. The zero-order valence-corrected chi connectivity index (χ0v) is 12.8. The van der Waals surface area contributed by atoms with Gasteiger partial charge >= 0.3 is 0 Å². The summed E-state index contributed by atoms with van der Waals surface area (Å²) in [4.78, 5) is 9.76. The lowest BCUT2D eigenvalue weighted by Crippen LogP contribution is -2.46. The summed E-state index contributed by atoms with van der Waals surface area (Å²) in [5, 5.41) is 3.34. The van der Waals surface area contributed by atoms with Gasteiger partial charge in [0.2, 0.25) is 0 Å². The van der Waals surface area contributed by atoms with E-state index in [4.69, 9.17) is 4.98 Å². The first kappa shape index (κ1) is 13.6. The van der Waals surface area contributed by atoms with Gasteiger partial charge < -0.3 is 4.90 Å². The van der Waals surface area contributed by atoms with Gasteiger partial charge in [-0.1, -0.05) is 37.3 Å². The number of hydrogen-bond donors (Lipinski definition) is 0. The first-order valence-electron chi connectivity index (χ1n) is 7.35. The molecule has 1 aromatic carbocycles. The van der Waals surface area contributed by atoms with Crippen molar-refractivity contribution in [2.24, 2.45) is 0 Å². The van der Waals surface area contributed by atoms with Crippen LogP contribution in [0, 0.1) is 0 Å². The van der Waals surface area contributed by atoms with Crippen molar-refractivity contribution in [2.45, 2.75) is 13.3 Å². The predicted molar refractivity (Wildman–Crippen MR) is 86.5 cm³/mol. The van der Waals surface area contributed by atoms with E-state index in [2.05, 4.69) is 46.4 Å². The van der Waals surface area contributed by atoms with E-state index in [9.17, 15) is 0 Å². The molecule has 1 saturated heterocycles. The number of aromatic nitrogens is 1. The fourth-order valence-electron chi connectivity index (χ4n) is 2.63. The maximum Gasteiger partial charge on any atom is 0.185 e. The molecule has 3 rings (SSSR count). The molecule has 0 atom stereocenters. The molecule has 1 fully saturated rings. The van der Waals surface area contributed by atoms with Crippen molar-refractivity contribution in [3.8, 4) is 11.3 Å². The summed E-state index contributed by atoms with van der Waals surface area (Å²) < 4.78 is 0. The van der Waals surface area contributed by atoms with Gasteiger partial charge in [0.25, 0.3) is 0 Å². The number of piperazine rings is 1. The van der Waals surface area contributed by atoms with Gasteiger partial charge in [-0.2, -0.15) is 0 Å². The third-order valence-electron chi connectivity index (χ3n) is 3.74. The van der Waals surface area contributed by atoms with Crippen LogP contribution >= 0.6 is 11.3 Å². The van der Waals surface area contributed by atoms with Gasteiger partial charge in [-0.25, -0.2) is 4.98 Å². The molecule has 1 aromatic heterocycles. The molecule has 20 heavy (non-hydrogen) atoms. The SMILES string of the molecule is CCCN1CCN(c2nc(-c3ccccc3)cs2)CC1. The van der Waals surface area contributed by atoms with Crippen LogP contribution in [0.15, 0.2) is 35.7 Å². The fraction of sp³-hybridized carbons (Fsp3) is 0.438. The molecule has 4 heteroatoms. The van der Waals surface area contributed by atoms with Crippen LogP contribution in [0.1, 0.15) is 13.3 Å². The maximum absolute atomic E-state index is 4.80. The standard InChI is InChI=1S/C16H21N3S/c1-2-8-18-9-11-19(12-10-18)16-17-15(13-20-16)14-6-4-3-5-7-14/h3-7,13H,2,8-12H2,1H3. The normalized spacial score (nSPS) is 16.6. The zero-order valence-electron chi connectivity index (χ0n) is 12.0. The van der Waals surface area contributed by atoms with Crippen molar-refractivity contribution in [3.63, 3.8) is 0 Å². The summed E-state index contributed by atoms with van der Waals surface area (Å²) in [5.74, 6) is 0. The second-order valence-electron chi connectivity index (χ2n) is 5.21. The van der Waals surface area contributed by atoms with Gasteiger partial charge in [0.1, 0.15) is 0 Å². The van der Waals surface area contributed by atoms with E-state index in [1.165, 1.54) is 23.7 Å². The molecular formula is C16H21N3S. The van der Waals surface area contributed by atoms with Gasteiger partial charge in [-0.3, -0.25) is 4.90 Å². The van der Waals surface area contributed by atoms with Crippen molar-refractivity contribution >= 4 is 16.5 Å². The summed E-state index contributed by atoms with van der Waals surface area (Å²) in [6, 6.07) is 10.4. The Kier molecular flexibility index (Phi) is 4.33. The summed E-state index contributed by atoms with van der Waals surface area (Å²) >= 11 is 1.76. The van der Waals surface area contributed by atoms with Gasteiger partial charge in [-0.15, -0.1) is 11.3 Å². The second-order valence-corrected chi connectivity index (χ2v) is 6.05. The molecule has 0 spiro atoms. The van der Waals surface area contributed by atoms with Gasteiger partial charge in [-0.05, 0) is 13.0 Å². The monoisotopic (exact) mass is 287 g/mol. The summed E-state index contributed by atoms with van der Waals surface area (Å²) in [7, 11) is 0. The molecule has 2 heterocycles. The van der Waals surface area contributed by atoms with Crippen molar-refractivity contribution in [1.29, 1.82) is 0 Å². The van der Waals surface area contributed by atoms with Crippen LogP contribution in [-0.2, 0) is 0 Å². The molecule has 0 N–H and O–H groups in total. The van der Waals surface area contributed by atoms with E-state index >= 15 is 0 Å². The molecule has 0 aliphatic carbocycles. The highest BCUT2D eigenvalue weighted by molar-refractivity contribution is 7.14. The lowest BCUT2D eigenvalue weighted by Gasteiger charge is -2.34. The van der Waals surface area contributed by atoms with Crippen molar-refractivity contribution in [1.82, 2.24) is 9.88 Å². The Morgan fingerprint density at radius 2 is 1.85 bits per heavy atom. The molecule has 0 radical (unpaired) electrons. The summed E-state index contributed by atoms with van der Waals surface area (Å²) in [6.07, 6.45) is 1.25. The zero-order chi connectivity index (χ0) is 13.8. The molecule has 106 valence electrons. The minimum absolute atomic E-state index is 1.10. The van der Waals surface area contributed by atoms with Crippen LogP contribution in [0.3, 0.4) is 0 Å². The Labute approximate surface area is 124 Å². The van der Waals surface area contributed by atoms with Gasteiger partial charge in [0.15, 0.2) is 5.13 Å². The molecule has 0 amide bonds. The Bertz CT molecular complexity index is 530. The molecule has 3 nitrogen and oxygen atoms in total. The summed E-state index contributed by atoms with van der Waals surface area (Å²) in [5.41, 5.74) is 2.31. The average Bonchev–Trinajstić information content (AvgIpc) is 2.99. The molecular weight excluding hydrogens is 266 g/mol. The fourth-order valence-corrected chi connectivity index (χ4v) is 3.52. The largest absolute Gasteiger partial charge is 0.346 e. The molecule has 0 bridgehead atoms. The highest BCUT2D eigenvalue weighted by Crippen LogP contribution is 2.27. The molecule has 1 aliphatic heterocycles. The molecule has 1 aliphatic rings. The first-order chi connectivity index (χ1) is 9.86. The van der Waals surface area contributed by atoms with Crippen LogP contribution in [0.4, 0.5) is 5.13 Å². The van der Waals surface area contributed by atoms with E-state index in [1.807, 2.05) is 6.07 Å². The van der Waals surface area contributed by atoms with Crippen molar-refractivity contribution < 1.29 is 0 Å². The van der Waals surface area contributed by atoms with E-state index in [0.29, 0.717) is 0 Å². The predicted octanol–water partition coefficient (Wildman–Crippen LogP) is 3.34. The third-order valence-corrected chi connectivity index (χ3v) is 4.65. The minimum atomic E-state index is 1.10. The average molecular weight is 287 g/mol. The Morgan fingerprint density at radius 1 is 1.10 bits per heavy atom. The van der Waals surface area contributed by atoms with Crippen LogP contribution in [-0.4, -0.2) is 42.6 Å². The van der Waals surface area contributed by atoms with E-state index in [1.54, 1.807) is 11.3 Å². The highest BCUT2D eigenvalue weighted by atomic mass is 32.1. The van der Waals surface area contributed by atoms with Crippen LogP contribution < -0.4 is 4.90 Å². The summed E-state index contributed by atoms with van der Waals surface area (Å²) in [6.45, 7) is 7.99. The lowest BCUT2D eigenvalue weighted by molar-refractivity contribution is 0.258. The lowest BCUT2D eigenvalue weighted by atomic mass is 10.2. The second kappa shape index (κ2) is 6.37. The van der Waals surface area contributed by atoms with E-state index in [-0.39, 0.29) is 0 Å². The Hall–Kier alpha value is -1.39.